The molecule has 2 aromatic rings. The van der Waals surface area contributed by atoms with Crippen molar-refractivity contribution in [2.24, 2.45) is 11.1 Å². The van der Waals surface area contributed by atoms with Crippen molar-refractivity contribution in [1.29, 1.82) is 0 Å². The predicted molar refractivity (Wildman–Crippen MR) is 129 cm³/mol. The van der Waals surface area contributed by atoms with Gasteiger partial charge in [0.25, 0.3) is 0 Å². The minimum Gasteiger partial charge on any atom is -0.504 e. The van der Waals surface area contributed by atoms with E-state index in [1.807, 2.05) is 25.1 Å². The summed E-state index contributed by atoms with van der Waals surface area (Å²) in [7, 11) is 0. The molecule has 2 saturated carbocycles. The van der Waals surface area contributed by atoms with Crippen molar-refractivity contribution < 1.29 is 19.8 Å². The van der Waals surface area contributed by atoms with Gasteiger partial charge >= 0.3 is 0 Å². The van der Waals surface area contributed by atoms with Crippen molar-refractivity contribution in [3.05, 3.63) is 52.6 Å². The summed E-state index contributed by atoms with van der Waals surface area (Å²) in [6.07, 6.45) is 5.02. The molecule has 5 aliphatic rings. The molecule has 3 fully saturated rings. The molecule has 0 unspecified atom stereocenters. The van der Waals surface area contributed by atoms with Gasteiger partial charge in [-0.25, -0.2) is 0 Å². The normalized spacial score (nSPS) is 34.6. The quantitative estimate of drug-likeness (QED) is 0.675. The third-order valence-corrected chi connectivity index (χ3v) is 9.39. The maximum atomic E-state index is 12.5. The van der Waals surface area contributed by atoms with Crippen LogP contribution in [0.3, 0.4) is 0 Å². The third kappa shape index (κ3) is 2.61. The number of oxime groups is 1. The average molecular weight is 461 g/mol. The number of benzene rings is 2. The molecule has 0 amide bonds. The van der Waals surface area contributed by atoms with Crippen molar-refractivity contribution in [1.82, 2.24) is 4.90 Å². The third-order valence-electron chi connectivity index (χ3n) is 9.39. The second kappa shape index (κ2) is 6.98. The van der Waals surface area contributed by atoms with E-state index in [1.54, 1.807) is 6.07 Å². The molecular weight excluding hydrogens is 428 g/mol. The summed E-state index contributed by atoms with van der Waals surface area (Å²) in [6.45, 7) is 6.11. The minimum absolute atomic E-state index is 0.0671. The van der Waals surface area contributed by atoms with Crippen LogP contribution in [0.25, 0.3) is 0 Å². The number of phenolic OH excluding ortho intramolecular Hbond substituents is 1. The minimum atomic E-state index is -0.908. The number of rotatable bonds is 4. The van der Waals surface area contributed by atoms with Gasteiger partial charge in [-0.2, -0.15) is 0 Å². The van der Waals surface area contributed by atoms with E-state index in [2.05, 4.69) is 23.0 Å². The second-order valence-electron chi connectivity index (χ2n) is 11.1. The molecule has 7 rings (SSSR count). The largest absolute Gasteiger partial charge is 0.504 e. The first kappa shape index (κ1) is 20.8. The van der Waals surface area contributed by atoms with Crippen LogP contribution in [0.15, 0.2) is 35.5 Å². The van der Waals surface area contributed by atoms with E-state index < -0.39 is 17.1 Å². The Hall–Kier alpha value is -2.57. The number of ether oxygens (including phenoxy) is 1. The monoisotopic (exact) mass is 460 g/mol. The van der Waals surface area contributed by atoms with Gasteiger partial charge in [0.15, 0.2) is 23.4 Å². The summed E-state index contributed by atoms with van der Waals surface area (Å²) >= 11 is 0. The summed E-state index contributed by atoms with van der Waals surface area (Å²) in [4.78, 5) is 8.52. The maximum Gasteiger partial charge on any atom is 0.166 e. The van der Waals surface area contributed by atoms with Crippen molar-refractivity contribution in [2.75, 3.05) is 13.1 Å². The van der Waals surface area contributed by atoms with Gasteiger partial charge < -0.3 is 19.8 Å². The molecule has 4 atom stereocenters. The first-order valence-electron chi connectivity index (χ1n) is 12.7. The summed E-state index contributed by atoms with van der Waals surface area (Å²) in [5, 5.41) is 27.9. The first-order chi connectivity index (χ1) is 16.4. The number of hydrogen-bond acceptors (Lipinski definition) is 6. The van der Waals surface area contributed by atoms with E-state index in [9.17, 15) is 10.2 Å². The Morgan fingerprint density at radius 2 is 2.03 bits per heavy atom. The van der Waals surface area contributed by atoms with E-state index >= 15 is 0 Å². The fourth-order valence-corrected chi connectivity index (χ4v) is 7.30. The fraction of sp³-hybridized carbons (Fsp3) is 0.536. The number of likely N-dealkylation sites (tertiary alicyclic amines) is 1. The summed E-state index contributed by atoms with van der Waals surface area (Å²) in [5.74, 6) is 2.21. The van der Waals surface area contributed by atoms with Crippen molar-refractivity contribution in [3.8, 4) is 17.2 Å². The predicted octanol–water partition coefficient (Wildman–Crippen LogP) is 4.01. The Balaban J connectivity index is 1.33. The van der Waals surface area contributed by atoms with Crippen LogP contribution >= 0.6 is 0 Å². The lowest BCUT2D eigenvalue weighted by molar-refractivity contribution is -0.167. The zero-order valence-electron chi connectivity index (χ0n) is 19.9. The van der Waals surface area contributed by atoms with E-state index in [0.717, 1.165) is 60.0 Å². The maximum absolute atomic E-state index is 12.5. The van der Waals surface area contributed by atoms with Crippen molar-refractivity contribution in [2.45, 2.75) is 75.5 Å². The molecule has 2 N–H and O–H groups in total. The van der Waals surface area contributed by atoms with Gasteiger partial charge in [-0.05, 0) is 93.7 Å². The number of aliphatic hydroxyl groups is 1. The van der Waals surface area contributed by atoms with Gasteiger partial charge in [0.1, 0.15) is 0 Å². The van der Waals surface area contributed by atoms with Gasteiger partial charge in [-0.3, -0.25) is 4.90 Å². The molecule has 178 valence electrons. The molecule has 1 saturated heterocycles. The van der Waals surface area contributed by atoms with E-state index in [0.29, 0.717) is 18.6 Å². The number of aryl methyl sites for hydroxylation is 1. The van der Waals surface area contributed by atoms with Crippen LogP contribution in [0.1, 0.15) is 54.4 Å². The molecule has 6 heteroatoms. The molecule has 0 radical (unpaired) electrons. The number of piperidine rings is 1. The Labute approximate surface area is 200 Å². The summed E-state index contributed by atoms with van der Waals surface area (Å²) in [6, 6.07) is 9.82. The highest BCUT2D eigenvalue weighted by Gasteiger charge is 2.72. The van der Waals surface area contributed by atoms with Crippen LogP contribution in [0.5, 0.6) is 17.2 Å². The van der Waals surface area contributed by atoms with E-state index in [1.165, 1.54) is 18.4 Å². The van der Waals surface area contributed by atoms with Crippen LogP contribution in [-0.4, -0.2) is 51.7 Å². The summed E-state index contributed by atoms with van der Waals surface area (Å²) in [5.41, 5.74) is 3.76. The number of aromatic hydroxyl groups is 1. The molecule has 0 aromatic heterocycles. The van der Waals surface area contributed by atoms with Crippen LogP contribution < -0.4 is 9.57 Å². The van der Waals surface area contributed by atoms with E-state index in [4.69, 9.17) is 9.57 Å². The lowest BCUT2D eigenvalue weighted by Gasteiger charge is -2.63. The molecule has 1 spiro atoms. The Morgan fingerprint density at radius 3 is 2.85 bits per heavy atom. The zero-order chi connectivity index (χ0) is 23.2. The summed E-state index contributed by atoms with van der Waals surface area (Å²) < 4.78 is 6.52. The van der Waals surface area contributed by atoms with Gasteiger partial charge in [-0.15, -0.1) is 0 Å². The SMILES string of the molecule is Cc1cccc(O/N=C2\CC[C@@]3(O)[C@H]4Cc5ccc(O)c6c5[C@@]3(CCN4CC3CC3)[C@H]2O6)c1C. The molecule has 2 aliphatic heterocycles. The number of phenols is 1. The van der Waals surface area contributed by atoms with Gasteiger partial charge in [0.05, 0.1) is 16.7 Å². The Bertz CT molecular complexity index is 1220. The smallest absolute Gasteiger partial charge is 0.166 e. The lowest BCUT2D eigenvalue weighted by Crippen LogP contribution is -2.76. The molecule has 2 aromatic carbocycles. The highest BCUT2D eigenvalue weighted by atomic mass is 16.6. The van der Waals surface area contributed by atoms with Gasteiger partial charge in [0.2, 0.25) is 0 Å². The highest BCUT2D eigenvalue weighted by molar-refractivity contribution is 5.94. The number of hydrogen-bond donors (Lipinski definition) is 2. The first-order valence-corrected chi connectivity index (χ1v) is 12.7. The highest BCUT2D eigenvalue weighted by Crippen LogP contribution is 2.65. The molecule has 2 heterocycles. The van der Waals surface area contributed by atoms with Crippen LogP contribution in [0.2, 0.25) is 0 Å². The molecule has 34 heavy (non-hydrogen) atoms. The van der Waals surface area contributed by atoms with Gasteiger partial charge in [-0.1, -0.05) is 23.4 Å². The topological polar surface area (TPSA) is 74.5 Å². The molecule has 6 nitrogen and oxygen atoms in total. The van der Waals surface area contributed by atoms with Crippen LogP contribution in [-0.2, 0) is 11.8 Å². The van der Waals surface area contributed by atoms with Crippen molar-refractivity contribution >= 4 is 5.71 Å². The van der Waals surface area contributed by atoms with Crippen LogP contribution in [0, 0.1) is 19.8 Å². The zero-order valence-corrected chi connectivity index (χ0v) is 19.9. The lowest BCUT2D eigenvalue weighted by atomic mass is 9.49. The Kier molecular flexibility index (Phi) is 4.27. The van der Waals surface area contributed by atoms with Crippen molar-refractivity contribution in [3.63, 3.8) is 0 Å². The molecular formula is C28H32N2O4. The second-order valence-corrected chi connectivity index (χ2v) is 11.1. The standard InChI is InChI=1S/C28H32N2O4/c1-16-4-3-5-22(17(16)2)34-29-20-10-11-28(32)23-14-19-8-9-21(31)25-24(19)27(28,26(20)33-25)12-13-30(23)15-18-6-7-18/h3-5,8-9,18,23,26,31-32H,6-7,10-15H2,1-2H3/b29-20+/t23-,26+,27+,28-/m1/s1. The molecule has 3 aliphatic carbocycles. The fourth-order valence-electron chi connectivity index (χ4n) is 7.30. The van der Waals surface area contributed by atoms with E-state index in [-0.39, 0.29) is 11.8 Å². The van der Waals surface area contributed by atoms with Crippen LogP contribution in [0.4, 0.5) is 0 Å². The number of nitrogens with zero attached hydrogens (tertiary/aromatic N) is 2. The Morgan fingerprint density at radius 1 is 1.18 bits per heavy atom. The van der Waals surface area contributed by atoms with Gasteiger partial charge in [0, 0.05) is 18.2 Å². The molecule has 2 bridgehead atoms. The average Bonchev–Trinajstić information content (AvgIpc) is 3.56.